The summed E-state index contributed by atoms with van der Waals surface area (Å²) in [5, 5.41) is 1.33. The van der Waals surface area contributed by atoms with Crippen molar-refractivity contribution in [1.82, 2.24) is 9.97 Å². The lowest BCUT2D eigenvalue weighted by Gasteiger charge is -2.41. The maximum atomic E-state index is 6.37. The van der Waals surface area contributed by atoms with Crippen LogP contribution >= 0.6 is 11.8 Å². The molecular weight excluding hydrogens is 278 g/mol. The molecule has 0 spiro atoms. The van der Waals surface area contributed by atoms with Crippen molar-refractivity contribution in [2.45, 2.75) is 76.8 Å². The number of nitrogens with two attached hydrogens (primary N) is 1. The highest BCUT2D eigenvalue weighted by atomic mass is 32.2. The monoisotopic (exact) mass is 307 g/mol. The zero-order chi connectivity index (χ0) is 15.6. The molecule has 0 aromatic carbocycles. The third kappa shape index (κ3) is 4.19. The molecule has 0 saturated heterocycles. The molecular formula is C17H29N3S. The standard InChI is InChI=1S/C17H29N3S/c1-6-17(4,5)13-7-8-14(18)15(10-13)21-16-19-11(2)9-12(3)20-16/h9,13-15H,6-8,10,18H2,1-5H3. The van der Waals surface area contributed by atoms with Crippen LogP contribution in [0, 0.1) is 25.2 Å². The Morgan fingerprint density at radius 2 is 1.86 bits per heavy atom. The van der Waals surface area contributed by atoms with Gasteiger partial charge >= 0.3 is 0 Å². The fraction of sp³-hybridized carbons (Fsp3) is 0.765. The van der Waals surface area contributed by atoms with Crippen molar-refractivity contribution in [2.75, 3.05) is 0 Å². The molecule has 1 aromatic rings. The molecule has 1 fully saturated rings. The van der Waals surface area contributed by atoms with Crippen LogP contribution < -0.4 is 5.73 Å². The molecule has 0 bridgehead atoms. The Balaban J connectivity index is 2.10. The summed E-state index contributed by atoms with van der Waals surface area (Å²) < 4.78 is 0. The second-order valence-corrected chi connectivity index (χ2v) is 8.31. The van der Waals surface area contributed by atoms with Crippen LogP contribution in [0.1, 0.15) is 57.8 Å². The molecule has 4 heteroatoms. The molecule has 1 heterocycles. The number of rotatable bonds is 4. The van der Waals surface area contributed by atoms with Crippen molar-refractivity contribution in [2.24, 2.45) is 17.1 Å². The van der Waals surface area contributed by atoms with Crippen molar-refractivity contribution < 1.29 is 0 Å². The van der Waals surface area contributed by atoms with Crippen molar-refractivity contribution in [3.8, 4) is 0 Å². The van der Waals surface area contributed by atoms with Gasteiger partial charge in [0.15, 0.2) is 5.16 Å². The molecule has 21 heavy (non-hydrogen) atoms. The summed E-state index contributed by atoms with van der Waals surface area (Å²) in [4.78, 5) is 9.13. The summed E-state index contributed by atoms with van der Waals surface area (Å²) in [6.45, 7) is 11.1. The minimum atomic E-state index is 0.267. The molecule has 0 amide bonds. The van der Waals surface area contributed by atoms with E-state index in [2.05, 4.69) is 30.7 Å². The third-order valence-electron chi connectivity index (χ3n) is 5.08. The number of nitrogens with zero attached hydrogens (tertiary/aromatic N) is 2. The molecule has 2 rings (SSSR count). The van der Waals surface area contributed by atoms with E-state index >= 15 is 0 Å². The van der Waals surface area contributed by atoms with Crippen molar-refractivity contribution >= 4 is 11.8 Å². The zero-order valence-electron chi connectivity index (χ0n) is 14.0. The van der Waals surface area contributed by atoms with Gasteiger partial charge in [0.25, 0.3) is 0 Å². The molecule has 3 unspecified atom stereocenters. The Morgan fingerprint density at radius 1 is 1.24 bits per heavy atom. The van der Waals surface area contributed by atoms with Gasteiger partial charge in [0.1, 0.15) is 0 Å². The van der Waals surface area contributed by atoms with E-state index in [1.54, 1.807) is 11.8 Å². The van der Waals surface area contributed by atoms with Gasteiger partial charge in [-0.2, -0.15) is 0 Å². The number of hydrogen-bond donors (Lipinski definition) is 1. The van der Waals surface area contributed by atoms with E-state index in [9.17, 15) is 0 Å². The summed E-state index contributed by atoms with van der Waals surface area (Å²) in [7, 11) is 0. The van der Waals surface area contributed by atoms with Crippen molar-refractivity contribution in [3.05, 3.63) is 17.5 Å². The zero-order valence-corrected chi connectivity index (χ0v) is 14.8. The molecule has 2 N–H and O–H groups in total. The summed E-state index contributed by atoms with van der Waals surface area (Å²) in [6.07, 6.45) is 4.79. The normalized spacial score (nSPS) is 26.9. The minimum Gasteiger partial charge on any atom is -0.327 e. The van der Waals surface area contributed by atoms with Gasteiger partial charge in [0.05, 0.1) is 0 Å². The van der Waals surface area contributed by atoms with Gasteiger partial charge in [0, 0.05) is 22.7 Å². The summed E-state index contributed by atoms with van der Waals surface area (Å²) in [5.74, 6) is 0.755. The van der Waals surface area contributed by atoms with E-state index in [4.69, 9.17) is 5.73 Å². The molecule has 1 saturated carbocycles. The third-order valence-corrected chi connectivity index (χ3v) is 6.32. The Labute approximate surface area is 133 Å². The van der Waals surface area contributed by atoms with Gasteiger partial charge in [-0.3, -0.25) is 0 Å². The first-order chi connectivity index (χ1) is 9.81. The predicted molar refractivity (Wildman–Crippen MR) is 90.5 cm³/mol. The van der Waals surface area contributed by atoms with Gasteiger partial charge in [-0.1, -0.05) is 39.0 Å². The summed E-state index contributed by atoms with van der Waals surface area (Å²) >= 11 is 1.78. The highest BCUT2D eigenvalue weighted by Crippen LogP contribution is 2.44. The summed E-state index contributed by atoms with van der Waals surface area (Å²) in [6, 6.07) is 2.29. The van der Waals surface area contributed by atoms with Crippen LogP contribution in [0.2, 0.25) is 0 Å². The number of thioether (sulfide) groups is 1. The minimum absolute atomic E-state index is 0.267. The van der Waals surface area contributed by atoms with Crippen LogP contribution in [0.4, 0.5) is 0 Å². The van der Waals surface area contributed by atoms with E-state index in [1.807, 2.05) is 19.9 Å². The predicted octanol–water partition coefficient (Wildman–Crippen LogP) is 4.12. The lowest BCUT2D eigenvalue weighted by Crippen LogP contribution is -2.42. The smallest absolute Gasteiger partial charge is 0.188 e. The number of hydrogen-bond acceptors (Lipinski definition) is 4. The van der Waals surface area contributed by atoms with Crippen molar-refractivity contribution in [3.63, 3.8) is 0 Å². The van der Waals surface area contributed by atoms with Crippen LogP contribution in [-0.4, -0.2) is 21.3 Å². The molecule has 0 aliphatic heterocycles. The molecule has 1 aliphatic carbocycles. The number of aromatic nitrogens is 2. The maximum Gasteiger partial charge on any atom is 0.188 e. The van der Waals surface area contributed by atoms with E-state index < -0.39 is 0 Å². The average Bonchev–Trinajstić information content (AvgIpc) is 2.40. The Kier molecular flexibility index (Phi) is 5.31. The quantitative estimate of drug-likeness (QED) is 0.850. The van der Waals surface area contributed by atoms with Crippen LogP contribution in [0.15, 0.2) is 11.2 Å². The number of aryl methyl sites for hydroxylation is 2. The SMILES string of the molecule is CCC(C)(C)C1CCC(N)C(Sc2nc(C)cc(C)n2)C1. The van der Waals surface area contributed by atoms with E-state index in [1.165, 1.54) is 19.3 Å². The van der Waals surface area contributed by atoms with Crippen LogP contribution in [-0.2, 0) is 0 Å². The topological polar surface area (TPSA) is 51.8 Å². The Bertz CT molecular complexity index is 467. The van der Waals surface area contributed by atoms with E-state index in [-0.39, 0.29) is 6.04 Å². The highest BCUT2D eigenvalue weighted by Gasteiger charge is 2.36. The largest absolute Gasteiger partial charge is 0.327 e. The van der Waals surface area contributed by atoms with Gasteiger partial charge < -0.3 is 5.73 Å². The van der Waals surface area contributed by atoms with Crippen molar-refractivity contribution in [1.29, 1.82) is 0 Å². The van der Waals surface area contributed by atoms with Gasteiger partial charge in [-0.25, -0.2) is 9.97 Å². The fourth-order valence-electron chi connectivity index (χ4n) is 3.17. The van der Waals surface area contributed by atoms with Crippen LogP contribution in [0.25, 0.3) is 0 Å². The van der Waals surface area contributed by atoms with E-state index in [0.29, 0.717) is 10.7 Å². The van der Waals surface area contributed by atoms with Crippen LogP contribution in [0.3, 0.4) is 0 Å². The first-order valence-electron chi connectivity index (χ1n) is 8.06. The summed E-state index contributed by atoms with van der Waals surface area (Å²) in [5.41, 5.74) is 8.86. The molecule has 3 nitrogen and oxygen atoms in total. The maximum absolute atomic E-state index is 6.37. The second kappa shape index (κ2) is 6.66. The van der Waals surface area contributed by atoms with Gasteiger partial charge in [-0.05, 0) is 50.5 Å². The lowest BCUT2D eigenvalue weighted by atomic mass is 9.69. The molecule has 0 radical (unpaired) electrons. The fourth-order valence-corrected chi connectivity index (χ4v) is 4.47. The molecule has 1 aliphatic rings. The van der Waals surface area contributed by atoms with Gasteiger partial charge in [-0.15, -0.1) is 0 Å². The average molecular weight is 308 g/mol. The van der Waals surface area contributed by atoms with E-state index in [0.717, 1.165) is 28.9 Å². The Morgan fingerprint density at radius 3 is 2.43 bits per heavy atom. The molecule has 1 aromatic heterocycles. The highest BCUT2D eigenvalue weighted by molar-refractivity contribution is 7.99. The lowest BCUT2D eigenvalue weighted by molar-refractivity contribution is 0.148. The van der Waals surface area contributed by atoms with Gasteiger partial charge in [0.2, 0.25) is 0 Å². The molecule has 118 valence electrons. The first kappa shape index (κ1) is 16.8. The molecule has 3 atom stereocenters. The first-order valence-corrected chi connectivity index (χ1v) is 8.94. The van der Waals surface area contributed by atoms with Crippen LogP contribution in [0.5, 0.6) is 0 Å². The second-order valence-electron chi connectivity index (χ2n) is 7.11. The Hall–Kier alpha value is -0.610.